The molecule has 1 unspecified atom stereocenters. The Morgan fingerprint density at radius 2 is 1.71 bits per heavy atom. The van der Waals surface area contributed by atoms with E-state index in [1.54, 1.807) is 0 Å². The monoisotopic (exact) mass is 279 g/mol. The first-order chi connectivity index (χ1) is 10.3. The predicted molar refractivity (Wildman–Crippen MR) is 87.3 cm³/mol. The Bertz CT molecular complexity index is 696. The van der Waals surface area contributed by atoms with Gasteiger partial charge < -0.3 is 9.73 Å². The summed E-state index contributed by atoms with van der Waals surface area (Å²) < 4.78 is 5.91. The van der Waals surface area contributed by atoms with Crippen molar-refractivity contribution in [2.45, 2.75) is 32.9 Å². The Hall–Kier alpha value is -2.06. The van der Waals surface area contributed by atoms with E-state index in [1.807, 2.05) is 18.2 Å². The van der Waals surface area contributed by atoms with E-state index in [0.717, 1.165) is 29.7 Å². The van der Waals surface area contributed by atoms with Crippen LogP contribution in [0.2, 0.25) is 0 Å². The third-order valence-corrected chi connectivity index (χ3v) is 3.97. The summed E-state index contributed by atoms with van der Waals surface area (Å²) in [6.07, 6.45) is 1.07. The van der Waals surface area contributed by atoms with Crippen molar-refractivity contribution in [1.29, 1.82) is 0 Å². The van der Waals surface area contributed by atoms with Gasteiger partial charge in [0, 0.05) is 11.9 Å². The molecule has 21 heavy (non-hydrogen) atoms. The molecule has 0 aliphatic heterocycles. The molecular formula is C19H21NO. The summed E-state index contributed by atoms with van der Waals surface area (Å²) in [5.74, 6) is 0.991. The van der Waals surface area contributed by atoms with Gasteiger partial charge in [-0.3, -0.25) is 0 Å². The number of hydrogen-bond acceptors (Lipinski definition) is 2. The number of hydrogen-bond donors (Lipinski definition) is 1. The average molecular weight is 279 g/mol. The van der Waals surface area contributed by atoms with Gasteiger partial charge in [0.25, 0.3) is 0 Å². The molecule has 0 bridgehead atoms. The Balaban J connectivity index is 1.72. The lowest BCUT2D eigenvalue weighted by Gasteiger charge is -2.13. The highest BCUT2D eigenvalue weighted by Gasteiger charge is 2.11. The van der Waals surface area contributed by atoms with Crippen LogP contribution in [0.3, 0.4) is 0 Å². The van der Waals surface area contributed by atoms with Crippen LogP contribution in [0, 0.1) is 0 Å². The highest BCUT2D eigenvalue weighted by atomic mass is 16.3. The van der Waals surface area contributed by atoms with E-state index >= 15 is 0 Å². The minimum absolute atomic E-state index is 0.197. The van der Waals surface area contributed by atoms with Gasteiger partial charge >= 0.3 is 0 Å². The molecule has 2 aromatic carbocycles. The molecule has 0 saturated carbocycles. The molecule has 1 heterocycles. The zero-order valence-electron chi connectivity index (χ0n) is 12.6. The van der Waals surface area contributed by atoms with Crippen molar-refractivity contribution in [3.05, 3.63) is 71.5 Å². The fourth-order valence-electron chi connectivity index (χ4n) is 2.65. The molecule has 0 radical (unpaired) electrons. The van der Waals surface area contributed by atoms with Crippen LogP contribution in [0.1, 0.15) is 36.8 Å². The van der Waals surface area contributed by atoms with Crippen molar-refractivity contribution < 1.29 is 4.42 Å². The number of para-hydroxylation sites is 1. The third-order valence-electron chi connectivity index (χ3n) is 3.97. The maximum absolute atomic E-state index is 5.91. The van der Waals surface area contributed by atoms with Crippen molar-refractivity contribution in [3.8, 4) is 0 Å². The van der Waals surface area contributed by atoms with Gasteiger partial charge in [0.1, 0.15) is 11.3 Å². The van der Waals surface area contributed by atoms with Crippen molar-refractivity contribution in [2.24, 2.45) is 0 Å². The maximum atomic E-state index is 5.91. The van der Waals surface area contributed by atoms with Crippen LogP contribution in [0.4, 0.5) is 0 Å². The van der Waals surface area contributed by atoms with Gasteiger partial charge in [0.15, 0.2) is 0 Å². The van der Waals surface area contributed by atoms with Crippen molar-refractivity contribution >= 4 is 11.0 Å². The van der Waals surface area contributed by atoms with Crippen LogP contribution in [-0.2, 0) is 13.0 Å². The van der Waals surface area contributed by atoms with E-state index in [9.17, 15) is 0 Å². The van der Waals surface area contributed by atoms with Gasteiger partial charge in [0.2, 0.25) is 0 Å². The van der Waals surface area contributed by atoms with Gasteiger partial charge in [-0.1, -0.05) is 49.4 Å². The van der Waals surface area contributed by atoms with Crippen LogP contribution in [0.15, 0.2) is 59.0 Å². The first-order valence-electron chi connectivity index (χ1n) is 7.56. The number of rotatable bonds is 5. The van der Waals surface area contributed by atoms with Crippen LogP contribution in [0.25, 0.3) is 11.0 Å². The molecule has 1 atom stereocenters. The van der Waals surface area contributed by atoms with E-state index in [2.05, 4.69) is 55.6 Å². The zero-order valence-corrected chi connectivity index (χ0v) is 12.6. The molecule has 0 amide bonds. The normalized spacial score (nSPS) is 12.7. The lowest BCUT2D eigenvalue weighted by molar-refractivity contribution is 0.450. The SMILES string of the molecule is CCc1ccccc1CNC(C)c1cc2ccccc2o1. The summed E-state index contributed by atoms with van der Waals surface area (Å²) in [5.41, 5.74) is 3.72. The van der Waals surface area contributed by atoms with Gasteiger partial charge in [-0.15, -0.1) is 0 Å². The van der Waals surface area contributed by atoms with Gasteiger partial charge in [-0.25, -0.2) is 0 Å². The lowest BCUT2D eigenvalue weighted by Crippen LogP contribution is -2.18. The molecule has 0 aliphatic carbocycles. The molecule has 2 heteroatoms. The molecular weight excluding hydrogens is 258 g/mol. The summed E-state index contributed by atoms with van der Waals surface area (Å²) in [6, 6.07) is 19.1. The summed E-state index contributed by atoms with van der Waals surface area (Å²) in [4.78, 5) is 0. The largest absolute Gasteiger partial charge is 0.459 e. The molecule has 3 aromatic rings. The minimum atomic E-state index is 0.197. The Kier molecular flexibility index (Phi) is 4.07. The predicted octanol–water partition coefficient (Wildman–Crippen LogP) is 4.85. The lowest BCUT2D eigenvalue weighted by atomic mass is 10.1. The Morgan fingerprint density at radius 1 is 1.00 bits per heavy atom. The van der Waals surface area contributed by atoms with Gasteiger partial charge in [0.05, 0.1) is 6.04 Å². The number of benzene rings is 2. The van der Waals surface area contributed by atoms with E-state index in [1.165, 1.54) is 11.1 Å². The van der Waals surface area contributed by atoms with Crippen LogP contribution >= 0.6 is 0 Å². The number of fused-ring (bicyclic) bond motifs is 1. The molecule has 0 saturated heterocycles. The molecule has 0 fully saturated rings. The fraction of sp³-hybridized carbons (Fsp3) is 0.263. The molecule has 2 nitrogen and oxygen atoms in total. The Morgan fingerprint density at radius 3 is 2.48 bits per heavy atom. The summed E-state index contributed by atoms with van der Waals surface area (Å²) in [7, 11) is 0. The smallest absolute Gasteiger partial charge is 0.134 e. The van der Waals surface area contributed by atoms with Gasteiger partial charge in [-0.05, 0) is 36.6 Å². The van der Waals surface area contributed by atoms with Crippen LogP contribution in [0.5, 0.6) is 0 Å². The van der Waals surface area contributed by atoms with Crippen LogP contribution in [-0.4, -0.2) is 0 Å². The molecule has 0 spiro atoms. The average Bonchev–Trinajstić information content (AvgIpc) is 2.97. The van der Waals surface area contributed by atoms with Crippen LogP contribution < -0.4 is 5.32 Å². The van der Waals surface area contributed by atoms with Crippen molar-refractivity contribution in [1.82, 2.24) is 5.32 Å². The van der Waals surface area contributed by atoms with E-state index < -0.39 is 0 Å². The Labute approximate surface area is 125 Å². The quantitative estimate of drug-likeness (QED) is 0.722. The second-order valence-electron chi connectivity index (χ2n) is 5.41. The number of furan rings is 1. The highest BCUT2D eigenvalue weighted by Crippen LogP contribution is 2.24. The molecule has 108 valence electrons. The summed E-state index contributed by atoms with van der Waals surface area (Å²) in [5, 5.41) is 4.72. The maximum Gasteiger partial charge on any atom is 0.134 e. The fourth-order valence-corrected chi connectivity index (χ4v) is 2.65. The van der Waals surface area contributed by atoms with E-state index in [4.69, 9.17) is 4.42 Å². The standard InChI is InChI=1S/C19H21NO/c1-3-15-8-4-5-10-17(15)13-20-14(2)19-12-16-9-6-7-11-18(16)21-19/h4-12,14,20H,3,13H2,1-2H3. The zero-order chi connectivity index (χ0) is 14.7. The first kappa shape index (κ1) is 13.9. The molecule has 1 aromatic heterocycles. The second-order valence-corrected chi connectivity index (χ2v) is 5.41. The van der Waals surface area contributed by atoms with E-state index in [-0.39, 0.29) is 6.04 Å². The molecule has 0 aliphatic rings. The molecule has 1 N–H and O–H groups in total. The second kappa shape index (κ2) is 6.15. The molecule has 3 rings (SSSR count). The van der Waals surface area contributed by atoms with E-state index in [0.29, 0.717) is 0 Å². The number of nitrogens with one attached hydrogen (secondary N) is 1. The van der Waals surface area contributed by atoms with Crippen molar-refractivity contribution in [3.63, 3.8) is 0 Å². The highest BCUT2D eigenvalue weighted by molar-refractivity contribution is 5.77. The van der Waals surface area contributed by atoms with Crippen molar-refractivity contribution in [2.75, 3.05) is 0 Å². The summed E-state index contributed by atoms with van der Waals surface area (Å²) >= 11 is 0. The van der Waals surface area contributed by atoms with Gasteiger partial charge in [-0.2, -0.15) is 0 Å². The topological polar surface area (TPSA) is 25.2 Å². The first-order valence-corrected chi connectivity index (χ1v) is 7.56. The third kappa shape index (κ3) is 3.01. The summed E-state index contributed by atoms with van der Waals surface area (Å²) in [6.45, 7) is 5.20. The minimum Gasteiger partial charge on any atom is -0.459 e. The number of aryl methyl sites for hydroxylation is 1.